The number of carbonyl (C=O) groups excluding carboxylic acids is 2. The molecular weight excluding hydrogens is 382 g/mol. The number of nitrogens with zero attached hydrogens (tertiary/aromatic N) is 1. The van der Waals surface area contributed by atoms with Crippen molar-refractivity contribution in [2.45, 2.75) is 0 Å². The van der Waals surface area contributed by atoms with E-state index in [9.17, 15) is 14.7 Å². The first-order valence-corrected chi connectivity index (χ1v) is 7.85. The lowest BCUT2D eigenvalue weighted by Crippen LogP contribution is -2.31. The SMILES string of the molecule is COCCN1C(=O)S/C(=C\c2cc(Br)cc(Cl)c2O)C1=O. The molecule has 1 aliphatic rings. The van der Waals surface area contributed by atoms with E-state index in [0.717, 1.165) is 16.7 Å². The highest BCUT2D eigenvalue weighted by atomic mass is 79.9. The molecule has 1 aromatic carbocycles. The van der Waals surface area contributed by atoms with Crippen LogP contribution in [0, 0.1) is 0 Å². The quantitative estimate of drug-likeness (QED) is 0.795. The van der Waals surface area contributed by atoms with Gasteiger partial charge in [-0.15, -0.1) is 0 Å². The highest BCUT2D eigenvalue weighted by Crippen LogP contribution is 2.37. The number of ether oxygens (including phenoxy) is 1. The summed E-state index contributed by atoms with van der Waals surface area (Å²) in [6.45, 7) is 0.475. The summed E-state index contributed by atoms with van der Waals surface area (Å²) in [4.78, 5) is 25.3. The van der Waals surface area contributed by atoms with E-state index < -0.39 is 5.91 Å². The fourth-order valence-corrected chi connectivity index (χ4v) is 3.40. The van der Waals surface area contributed by atoms with Crippen LogP contribution >= 0.6 is 39.3 Å². The molecule has 0 atom stereocenters. The van der Waals surface area contributed by atoms with Gasteiger partial charge in [-0.25, -0.2) is 0 Å². The molecule has 2 amide bonds. The lowest BCUT2D eigenvalue weighted by molar-refractivity contribution is -0.123. The van der Waals surface area contributed by atoms with Gasteiger partial charge in [0, 0.05) is 17.1 Å². The van der Waals surface area contributed by atoms with Crippen molar-refractivity contribution in [2.24, 2.45) is 0 Å². The Morgan fingerprint density at radius 3 is 2.86 bits per heavy atom. The summed E-state index contributed by atoms with van der Waals surface area (Å²) in [5, 5.41) is 9.71. The number of aromatic hydroxyl groups is 1. The maximum atomic E-state index is 12.1. The van der Waals surface area contributed by atoms with Gasteiger partial charge in [-0.2, -0.15) is 0 Å². The Bertz CT molecular complexity index is 635. The molecule has 0 unspecified atom stereocenters. The summed E-state index contributed by atoms with van der Waals surface area (Å²) in [7, 11) is 1.50. The molecule has 1 fully saturated rings. The van der Waals surface area contributed by atoms with E-state index >= 15 is 0 Å². The van der Waals surface area contributed by atoms with Crippen molar-refractivity contribution < 1.29 is 19.4 Å². The second-order valence-electron chi connectivity index (χ2n) is 4.15. The van der Waals surface area contributed by atoms with Crippen molar-refractivity contribution in [1.29, 1.82) is 0 Å². The Morgan fingerprint density at radius 1 is 1.48 bits per heavy atom. The van der Waals surface area contributed by atoms with Gasteiger partial charge in [0.15, 0.2) is 0 Å². The number of phenols is 1. The number of benzene rings is 1. The molecule has 0 spiro atoms. The van der Waals surface area contributed by atoms with E-state index in [1.54, 1.807) is 12.1 Å². The Morgan fingerprint density at radius 2 is 2.19 bits per heavy atom. The molecule has 0 bridgehead atoms. The molecule has 0 saturated carbocycles. The van der Waals surface area contributed by atoms with Crippen LogP contribution in [0.1, 0.15) is 5.56 Å². The van der Waals surface area contributed by atoms with Crippen LogP contribution in [0.25, 0.3) is 6.08 Å². The molecule has 1 saturated heterocycles. The third kappa shape index (κ3) is 3.60. The summed E-state index contributed by atoms with van der Waals surface area (Å²) in [5.74, 6) is -0.541. The largest absolute Gasteiger partial charge is 0.506 e. The zero-order valence-corrected chi connectivity index (χ0v) is 14.1. The van der Waals surface area contributed by atoms with Gasteiger partial charge < -0.3 is 9.84 Å². The molecule has 1 N–H and O–H groups in total. The summed E-state index contributed by atoms with van der Waals surface area (Å²) in [5.41, 5.74) is 0.367. The third-order valence-corrected chi connectivity index (χ3v) is 4.39. The summed E-state index contributed by atoms with van der Waals surface area (Å²) >= 11 is 9.95. The predicted octanol–water partition coefficient (Wildman–Crippen LogP) is 3.49. The first-order chi connectivity index (χ1) is 9.93. The lowest BCUT2D eigenvalue weighted by atomic mass is 10.2. The van der Waals surface area contributed by atoms with E-state index in [1.165, 1.54) is 13.2 Å². The molecule has 112 valence electrons. The Kier molecular flexibility index (Phi) is 5.32. The number of hydrogen-bond donors (Lipinski definition) is 1. The third-order valence-electron chi connectivity index (χ3n) is 2.74. The number of halogens is 2. The molecule has 0 aliphatic carbocycles. The number of imide groups is 1. The monoisotopic (exact) mass is 391 g/mol. The van der Waals surface area contributed by atoms with Crippen LogP contribution in [-0.2, 0) is 9.53 Å². The van der Waals surface area contributed by atoms with Gasteiger partial charge in [0.05, 0.1) is 23.1 Å². The molecule has 1 aromatic rings. The highest BCUT2D eigenvalue weighted by Gasteiger charge is 2.34. The van der Waals surface area contributed by atoms with Gasteiger partial charge in [-0.1, -0.05) is 27.5 Å². The topological polar surface area (TPSA) is 66.8 Å². The van der Waals surface area contributed by atoms with E-state index in [-0.39, 0.29) is 34.1 Å². The molecule has 1 heterocycles. The first-order valence-electron chi connectivity index (χ1n) is 5.86. The minimum Gasteiger partial charge on any atom is -0.506 e. The minimum atomic E-state index is -0.405. The molecule has 5 nitrogen and oxygen atoms in total. The molecule has 1 aliphatic heterocycles. The van der Waals surface area contributed by atoms with Crippen molar-refractivity contribution in [3.63, 3.8) is 0 Å². The van der Waals surface area contributed by atoms with E-state index in [2.05, 4.69) is 15.9 Å². The number of hydrogen-bond acceptors (Lipinski definition) is 5. The Hall–Kier alpha value is -1.02. The average Bonchev–Trinajstić information content (AvgIpc) is 2.68. The maximum Gasteiger partial charge on any atom is 0.293 e. The molecule has 8 heteroatoms. The molecule has 0 radical (unpaired) electrons. The van der Waals surface area contributed by atoms with Crippen LogP contribution in [0.3, 0.4) is 0 Å². The van der Waals surface area contributed by atoms with Gasteiger partial charge in [0.1, 0.15) is 5.75 Å². The summed E-state index contributed by atoms with van der Waals surface area (Å²) < 4.78 is 5.53. The van der Waals surface area contributed by atoms with Crippen molar-refractivity contribution in [3.05, 3.63) is 32.1 Å². The molecule has 21 heavy (non-hydrogen) atoms. The van der Waals surface area contributed by atoms with Crippen molar-refractivity contribution >= 4 is 56.5 Å². The molecule has 0 aromatic heterocycles. The number of rotatable bonds is 4. The fraction of sp³-hybridized carbons (Fsp3) is 0.231. The van der Waals surface area contributed by atoms with E-state index in [1.807, 2.05) is 0 Å². The van der Waals surface area contributed by atoms with Crippen molar-refractivity contribution in [1.82, 2.24) is 4.90 Å². The summed E-state index contributed by atoms with van der Waals surface area (Å²) in [6.07, 6.45) is 1.45. The Labute approximate surface area is 139 Å². The van der Waals surface area contributed by atoms with Crippen molar-refractivity contribution in [3.8, 4) is 5.75 Å². The standard InChI is InChI=1S/C13H11BrClNO4S/c1-20-3-2-16-12(18)10(21-13(16)19)5-7-4-8(14)6-9(15)11(7)17/h4-6,17H,2-3H2,1H3/b10-5-. The number of phenolic OH excluding ortho intramolecular Hbond substituents is 1. The van der Waals surface area contributed by atoms with Gasteiger partial charge >= 0.3 is 0 Å². The molecule has 2 rings (SSSR count). The zero-order chi connectivity index (χ0) is 15.6. The zero-order valence-electron chi connectivity index (χ0n) is 10.9. The van der Waals surface area contributed by atoms with E-state index in [0.29, 0.717) is 10.0 Å². The van der Waals surface area contributed by atoms with Crippen molar-refractivity contribution in [2.75, 3.05) is 20.3 Å². The van der Waals surface area contributed by atoms with E-state index in [4.69, 9.17) is 16.3 Å². The highest BCUT2D eigenvalue weighted by molar-refractivity contribution is 9.10. The smallest absolute Gasteiger partial charge is 0.293 e. The van der Waals surface area contributed by atoms with Crippen LogP contribution < -0.4 is 0 Å². The maximum absolute atomic E-state index is 12.1. The lowest BCUT2D eigenvalue weighted by Gasteiger charge is -2.10. The average molecular weight is 393 g/mol. The Balaban J connectivity index is 2.31. The molecular formula is C13H11BrClNO4S. The number of thioether (sulfide) groups is 1. The van der Waals surface area contributed by atoms with Gasteiger partial charge in [-0.05, 0) is 30.0 Å². The van der Waals surface area contributed by atoms with Crippen LogP contribution in [0.4, 0.5) is 4.79 Å². The fourth-order valence-electron chi connectivity index (χ4n) is 1.71. The number of amides is 2. The summed E-state index contributed by atoms with van der Waals surface area (Å²) in [6, 6.07) is 3.16. The van der Waals surface area contributed by atoms with Crippen LogP contribution in [-0.4, -0.2) is 41.4 Å². The second kappa shape index (κ2) is 6.83. The van der Waals surface area contributed by atoms with Crippen LogP contribution in [0.15, 0.2) is 21.5 Å². The van der Waals surface area contributed by atoms with Gasteiger partial charge in [0.2, 0.25) is 0 Å². The number of methoxy groups -OCH3 is 1. The minimum absolute atomic E-state index is 0.136. The second-order valence-corrected chi connectivity index (χ2v) is 6.47. The number of carbonyl (C=O) groups is 2. The predicted molar refractivity (Wildman–Crippen MR) is 85.4 cm³/mol. The first kappa shape index (κ1) is 16.4. The van der Waals surface area contributed by atoms with Gasteiger partial charge in [-0.3, -0.25) is 14.5 Å². The van der Waals surface area contributed by atoms with Crippen LogP contribution in [0.2, 0.25) is 5.02 Å². The van der Waals surface area contributed by atoms with Crippen LogP contribution in [0.5, 0.6) is 5.75 Å². The van der Waals surface area contributed by atoms with Gasteiger partial charge in [0.25, 0.3) is 11.1 Å². The normalized spacial score (nSPS) is 17.1.